The van der Waals surface area contributed by atoms with Gasteiger partial charge in [-0.25, -0.2) is 9.07 Å². The van der Waals surface area contributed by atoms with Crippen molar-refractivity contribution >= 4 is 5.91 Å². The van der Waals surface area contributed by atoms with Gasteiger partial charge >= 0.3 is 0 Å². The third kappa shape index (κ3) is 3.57. The number of likely N-dealkylation sites (N-methyl/N-ethyl adjacent to an activating group) is 1. The molecular formula is C21H23FN4O2. The molecule has 1 aliphatic heterocycles. The minimum Gasteiger partial charge on any atom is -0.460 e. The van der Waals surface area contributed by atoms with Crippen LogP contribution in [0.25, 0.3) is 17.1 Å². The van der Waals surface area contributed by atoms with Crippen molar-refractivity contribution in [1.29, 1.82) is 0 Å². The molecule has 0 atom stereocenters. The van der Waals surface area contributed by atoms with Gasteiger partial charge in [0.1, 0.15) is 23.0 Å². The summed E-state index contributed by atoms with van der Waals surface area (Å²) in [6.07, 6.45) is 0. The molecule has 1 amide bonds. The van der Waals surface area contributed by atoms with Crippen LogP contribution in [0.15, 0.2) is 46.9 Å². The van der Waals surface area contributed by atoms with E-state index in [4.69, 9.17) is 4.42 Å². The first-order valence-corrected chi connectivity index (χ1v) is 9.49. The standard InChI is InChI=1S/C21H23FN4O2/c1-3-24-10-12-25(13-11-24)21(27)19-14-18(20-9-4-15(2)28-20)23-26(19)17-7-5-16(22)6-8-17/h4-9,14H,3,10-13H2,1-2H3. The summed E-state index contributed by atoms with van der Waals surface area (Å²) in [5.74, 6) is 0.960. The van der Waals surface area contributed by atoms with E-state index in [9.17, 15) is 9.18 Å². The highest BCUT2D eigenvalue weighted by Gasteiger charge is 2.26. The molecule has 0 N–H and O–H groups in total. The van der Waals surface area contributed by atoms with Crippen LogP contribution in [0.2, 0.25) is 0 Å². The maximum Gasteiger partial charge on any atom is 0.272 e. The predicted octanol–water partition coefficient (Wildman–Crippen LogP) is 3.36. The number of halogens is 1. The first-order chi connectivity index (χ1) is 13.5. The lowest BCUT2D eigenvalue weighted by atomic mass is 10.2. The molecular weight excluding hydrogens is 359 g/mol. The molecule has 1 fully saturated rings. The number of nitrogens with zero attached hydrogens (tertiary/aromatic N) is 4. The van der Waals surface area contributed by atoms with Gasteiger partial charge in [-0.1, -0.05) is 6.92 Å². The van der Waals surface area contributed by atoms with Crippen molar-refractivity contribution in [1.82, 2.24) is 19.6 Å². The number of hydrogen-bond acceptors (Lipinski definition) is 4. The van der Waals surface area contributed by atoms with Crippen molar-refractivity contribution in [2.75, 3.05) is 32.7 Å². The highest BCUT2D eigenvalue weighted by atomic mass is 19.1. The SMILES string of the molecule is CCN1CCN(C(=O)c2cc(-c3ccc(C)o3)nn2-c2ccc(F)cc2)CC1. The van der Waals surface area contributed by atoms with Crippen molar-refractivity contribution in [2.24, 2.45) is 0 Å². The molecule has 0 aliphatic carbocycles. The molecule has 2 aromatic heterocycles. The highest BCUT2D eigenvalue weighted by Crippen LogP contribution is 2.25. The zero-order valence-electron chi connectivity index (χ0n) is 16.1. The second-order valence-electron chi connectivity index (χ2n) is 6.94. The molecule has 1 saturated heterocycles. The van der Waals surface area contributed by atoms with E-state index in [2.05, 4.69) is 16.9 Å². The highest BCUT2D eigenvalue weighted by molar-refractivity contribution is 5.94. The molecule has 1 aliphatic rings. The lowest BCUT2D eigenvalue weighted by Gasteiger charge is -2.34. The van der Waals surface area contributed by atoms with Crippen LogP contribution >= 0.6 is 0 Å². The van der Waals surface area contributed by atoms with E-state index in [1.54, 1.807) is 22.9 Å². The fourth-order valence-electron chi connectivity index (χ4n) is 3.43. The van der Waals surface area contributed by atoms with Crippen LogP contribution in [0.4, 0.5) is 4.39 Å². The Morgan fingerprint density at radius 1 is 1.11 bits per heavy atom. The summed E-state index contributed by atoms with van der Waals surface area (Å²) in [5, 5.41) is 4.58. The Balaban J connectivity index is 1.71. The van der Waals surface area contributed by atoms with Gasteiger partial charge in [0.2, 0.25) is 0 Å². The summed E-state index contributed by atoms with van der Waals surface area (Å²) < 4.78 is 20.6. The Morgan fingerprint density at radius 2 is 1.82 bits per heavy atom. The number of aryl methyl sites for hydroxylation is 1. The van der Waals surface area contributed by atoms with Crippen LogP contribution in [0.1, 0.15) is 23.2 Å². The Hall–Kier alpha value is -2.93. The number of benzene rings is 1. The van der Waals surface area contributed by atoms with Crippen molar-refractivity contribution in [2.45, 2.75) is 13.8 Å². The average molecular weight is 382 g/mol. The molecule has 146 valence electrons. The van der Waals surface area contributed by atoms with Gasteiger partial charge in [-0.3, -0.25) is 4.79 Å². The number of rotatable bonds is 4. The Labute approximate surface area is 163 Å². The molecule has 1 aromatic carbocycles. The van der Waals surface area contributed by atoms with Crippen LogP contribution in [0.3, 0.4) is 0 Å². The molecule has 0 bridgehead atoms. The van der Waals surface area contributed by atoms with Crippen molar-refractivity contribution in [3.05, 3.63) is 59.7 Å². The summed E-state index contributed by atoms with van der Waals surface area (Å²) in [4.78, 5) is 17.4. The van der Waals surface area contributed by atoms with Gasteiger partial charge in [0, 0.05) is 32.2 Å². The van der Waals surface area contributed by atoms with E-state index in [0.717, 1.165) is 25.4 Å². The molecule has 4 rings (SSSR count). The van der Waals surface area contributed by atoms with Crippen LogP contribution in [0, 0.1) is 12.7 Å². The molecule has 0 saturated carbocycles. The normalized spacial score (nSPS) is 15.2. The van der Waals surface area contributed by atoms with E-state index in [-0.39, 0.29) is 11.7 Å². The van der Waals surface area contributed by atoms with Crippen molar-refractivity contribution < 1.29 is 13.6 Å². The molecule has 0 unspecified atom stereocenters. The molecule has 7 heteroatoms. The minimum atomic E-state index is -0.332. The first-order valence-electron chi connectivity index (χ1n) is 9.49. The lowest BCUT2D eigenvalue weighted by molar-refractivity contribution is 0.0634. The Kier molecular flexibility index (Phi) is 5.00. The number of hydrogen-bond donors (Lipinski definition) is 0. The maximum absolute atomic E-state index is 13.4. The lowest BCUT2D eigenvalue weighted by Crippen LogP contribution is -2.48. The van der Waals surface area contributed by atoms with Gasteiger partial charge in [0.25, 0.3) is 5.91 Å². The summed E-state index contributed by atoms with van der Waals surface area (Å²) in [7, 11) is 0. The maximum atomic E-state index is 13.4. The summed E-state index contributed by atoms with van der Waals surface area (Å²) in [6.45, 7) is 8.04. The van der Waals surface area contributed by atoms with Crippen LogP contribution in [-0.4, -0.2) is 58.2 Å². The zero-order valence-corrected chi connectivity index (χ0v) is 16.1. The largest absolute Gasteiger partial charge is 0.460 e. The van der Waals surface area contributed by atoms with Gasteiger partial charge in [0.05, 0.1) is 5.69 Å². The molecule has 3 aromatic rings. The fourth-order valence-corrected chi connectivity index (χ4v) is 3.43. The van der Waals surface area contributed by atoms with E-state index < -0.39 is 0 Å². The van der Waals surface area contributed by atoms with Crippen LogP contribution in [0.5, 0.6) is 0 Å². The van der Waals surface area contributed by atoms with Gasteiger partial charge in [-0.15, -0.1) is 0 Å². The Morgan fingerprint density at radius 3 is 2.43 bits per heavy atom. The number of aromatic nitrogens is 2. The number of piperazine rings is 1. The molecule has 0 radical (unpaired) electrons. The fraction of sp³-hybridized carbons (Fsp3) is 0.333. The van der Waals surface area contributed by atoms with Gasteiger partial charge in [-0.05, 0) is 49.9 Å². The number of amides is 1. The van der Waals surface area contributed by atoms with Crippen LogP contribution in [-0.2, 0) is 0 Å². The molecule has 3 heterocycles. The van der Waals surface area contributed by atoms with E-state index >= 15 is 0 Å². The average Bonchev–Trinajstić information content (AvgIpc) is 3.34. The molecule has 0 spiro atoms. The summed E-state index contributed by atoms with van der Waals surface area (Å²) >= 11 is 0. The summed E-state index contributed by atoms with van der Waals surface area (Å²) in [5.41, 5.74) is 1.65. The monoisotopic (exact) mass is 382 g/mol. The third-order valence-corrected chi connectivity index (χ3v) is 5.10. The van der Waals surface area contributed by atoms with E-state index in [1.807, 2.05) is 24.0 Å². The van der Waals surface area contributed by atoms with Crippen LogP contribution < -0.4 is 0 Å². The first kappa shape index (κ1) is 18.4. The van der Waals surface area contributed by atoms with Gasteiger partial charge < -0.3 is 14.2 Å². The molecule has 28 heavy (non-hydrogen) atoms. The third-order valence-electron chi connectivity index (χ3n) is 5.10. The number of carbonyl (C=O) groups excluding carboxylic acids is 1. The second kappa shape index (κ2) is 7.59. The van der Waals surface area contributed by atoms with Gasteiger partial charge in [-0.2, -0.15) is 5.10 Å². The topological polar surface area (TPSA) is 54.5 Å². The smallest absolute Gasteiger partial charge is 0.272 e. The molecule has 6 nitrogen and oxygen atoms in total. The van der Waals surface area contributed by atoms with Crippen molar-refractivity contribution in [3.63, 3.8) is 0 Å². The van der Waals surface area contributed by atoms with Crippen molar-refractivity contribution in [3.8, 4) is 17.1 Å². The quantitative estimate of drug-likeness (QED) is 0.694. The minimum absolute atomic E-state index is 0.0814. The zero-order chi connectivity index (χ0) is 19.7. The predicted molar refractivity (Wildman–Crippen MR) is 104 cm³/mol. The van der Waals surface area contributed by atoms with E-state index in [1.165, 1.54) is 12.1 Å². The van der Waals surface area contributed by atoms with E-state index in [0.29, 0.717) is 35.9 Å². The Bertz CT molecular complexity index is 969. The second-order valence-corrected chi connectivity index (χ2v) is 6.94. The summed E-state index contributed by atoms with van der Waals surface area (Å²) in [6, 6.07) is 11.4. The number of furan rings is 1. The number of carbonyl (C=O) groups is 1. The van der Waals surface area contributed by atoms with Gasteiger partial charge in [0.15, 0.2) is 5.76 Å².